The maximum absolute atomic E-state index is 11.8. The summed E-state index contributed by atoms with van der Waals surface area (Å²) in [5.41, 5.74) is -1.38. The first-order valence-electron chi connectivity index (χ1n) is 13.2. The second-order valence-corrected chi connectivity index (χ2v) is 12.1. The van der Waals surface area contributed by atoms with Crippen molar-refractivity contribution < 1.29 is 32.8 Å². The Labute approximate surface area is 204 Å². The topological polar surface area (TPSA) is 88.0 Å². The van der Waals surface area contributed by atoms with Gasteiger partial charge in [-0.3, -0.25) is 4.57 Å². The van der Waals surface area contributed by atoms with E-state index in [4.69, 9.17) is 13.8 Å². The molecule has 0 heterocycles. The standard InChI is InChI=1S/C25H54NO6P/c1-6-7-8-9-10-11-12-13-14-15-16-17-18-19-21-30-23-25(2,27)24-32-33(28,29)31-22-20-26(3,4)5/h27H,6-24H2,1-5H3. The molecule has 0 aliphatic rings. The number of likely N-dealkylation sites (N-methyl/N-ethyl adjacent to an activating group) is 1. The molecule has 0 amide bonds. The molecule has 0 spiro atoms. The predicted molar refractivity (Wildman–Crippen MR) is 134 cm³/mol. The molecule has 7 nitrogen and oxygen atoms in total. The van der Waals surface area contributed by atoms with Gasteiger partial charge < -0.3 is 28.3 Å². The van der Waals surface area contributed by atoms with Gasteiger partial charge in [0.15, 0.2) is 0 Å². The summed E-state index contributed by atoms with van der Waals surface area (Å²) in [5.74, 6) is 0. The van der Waals surface area contributed by atoms with E-state index >= 15 is 0 Å². The van der Waals surface area contributed by atoms with Gasteiger partial charge in [0.1, 0.15) is 18.8 Å². The minimum atomic E-state index is -4.43. The smallest absolute Gasteiger partial charge is 0.268 e. The summed E-state index contributed by atoms with van der Waals surface area (Å²) >= 11 is 0. The van der Waals surface area contributed by atoms with Crippen molar-refractivity contribution >= 4 is 7.82 Å². The van der Waals surface area contributed by atoms with Gasteiger partial charge in [0.25, 0.3) is 7.82 Å². The Bertz CT molecular complexity index is 496. The highest BCUT2D eigenvalue weighted by Gasteiger charge is 2.24. The Morgan fingerprint density at radius 3 is 1.67 bits per heavy atom. The van der Waals surface area contributed by atoms with Crippen LogP contribution in [0.4, 0.5) is 0 Å². The van der Waals surface area contributed by atoms with Crippen molar-refractivity contribution in [2.75, 3.05) is 54.1 Å². The first kappa shape index (κ1) is 33.0. The molecule has 0 bridgehead atoms. The van der Waals surface area contributed by atoms with Gasteiger partial charge in [0, 0.05) is 6.61 Å². The molecule has 200 valence electrons. The van der Waals surface area contributed by atoms with E-state index in [1.54, 1.807) is 0 Å². The van der Waals surface area contributed by atoms with Crippen LogP contribution in [0.1, 0.15) is 104 Å². The predicted octanol–water partition coefficient (Wildman–Crippen LogP) is 5.44. The third kappa shape index (κ3) is 24.9. The van der Waals surface area contributed by atoms with Crippen LogP contribution in [0.2, 0.25) is 0 Å². The Kier molecular flexibility index (Phi) is 19.2. The van der Waals surface area contributed by atoms with Crippen LogP contribution in [0.25, 0.3) is 0 Å². The molecule has 0 aliphatic carbocycles. The molecule has 0 aliphatic heterocycles. The quantitative estimate of drug-likeness (QED) is 0.109. The Hall–Kier alpha value is -0.0100. The second kappa shape index (κ2) is 19.2. The molecule has 0 fully saturated rings. The Balaban J connectivity index is 3.56. The fraction of sp³-hybridized carbons (Fsp3) is 1.00. The summed E-state index contributed by atoms with van der Waals surface area (Å²) in [6.07, 6.45) is 18.3. The SMILES string of the molecule is CCCCCCCCCCCCCCCCOCC(C)(O)COP(=O)([O-])OCC[N+](C)(C)C. The highest BCUT2D eigenvalue weighted by atomic mass is 31.2. The number of quaternary nitrogens is 1. The van der Waals surface area contributed by atoms with Crippen LogP contribution in [0.5, 0.6) is 0 Å². The molecular formula is C25H54NO6P. The van der Waals surface area contributed by atoms with Crippen molar-refractivity contribution in [3.05, 3.63) is 0 Å². The van der Waals surface area contributed by atoms with Crippen molar-refractivity contribution in [2.45, 2.75) is 109 Å². The van der Waals surface area contributed by atoms with Crippen LogP contribution in [0, 0.1) is 0 Å². The van der Waals surface area contributed by atoms with Gasteiger partial charge in [-0.1, -0.05) is 90.4 Å². The summed E-state index contributed by atoms with van der Waals surface area (Å²) in [4.78, 5) is 11.8. The minimum Gasteiger partial charge on any atom is -0.756 e. The highest BCUT2D eigenvalue weighted by Crippen LogP contribution is 2.39. The van der Waals surface area contributed by atoms with Gasteiger partial charge in [0.05, 0.1) is 34.4 Å². The maximum atomic E-state index is 11.8. The summed E-state index contributed by atoms with van der Waals surface area (Å²) < 4.78 is 27.6. The van der Waals surface area contributed by atoms with Crippen LogP contribution >= 0.6 is 7.82 Å². The molecule has 2 atom stereocenters. The molecule has 0 saturated heterocycles. The molecule has 33 heavy (non-hydrogen) atoms. The van der Waals surface area contributed by atoms with E-state index < -0.39 is 13.4 Å². The third-order valence-corrected chi connectivity index (χ3v) is 6.54. The highest BCUT2D eigenvalue weighted by molar-refractivity contribution is 7.45. The van der Waals surface area contributed by atoms with Crippen molar-refractivity contribution in [1.82, 2.24) is 0 Å². The van der Waals surface area contributed by atoms with E-state index in [-0.39, 0.29) is 19.8 Å². The van der Waals surface area contributed by atoms with Crippen molar-refractivity contribution in [3.8, 4) is 0 Å². The van der Waals surface area contributed by atoms with Crippen LogP contribution in [-0.4, -0.2) is 69.3 Å². The van der Waals surface area contributed by atoms with Crippen LogP contribution < -0.4 is 4.89 Å². The first-order valence-corrected chi connectivity index (χ1v) is 14.6. The zero-order valence-corrected chi connectivity index (χ0v) is 23.2. The lowest BCUT2D eigenvalue weighted by Gasteiger charge is -2.30. The van der Waals surface area contributed by atoms with Crippen molar-refractivity contribution in [3.63, 3.8) is 0 Å². The summed E-state index contributed by atoms with van der Waals surface area (Å²) in [6.45, 7) is 4.56. The summed E-state index contributed by atoms with van der Waals surface area (Å²) in [6, 6.07) is 0. The average Bonchev–Trinajstić information content (AvgIpc) is 2.71. The van der Waals surface area contributed by atoms with Gasteiger partial charge in [-0.15, -0.1) is 0 Å². The molecule has 0 radical (unpaired) electrons. The van der Waals surface area contributed by atoms with E-state index in [9.17, 15) is 14.6 Å². The maximum Gasteiger partial charge on any atom is 0.268 e. The molecule has 2 unspecified atom stereocenters. The second-order valence-electron chi connectivity index (χ2n) is 10.7. The number of unbranched alkanes of at least 4 members (excludes halogenated alkanes) is 13. The first-order chi connectivity index (χ1) is 15.5. The van der Waals surface area contributed by atoms with E-state index in [2.05, 4.69) is 6.92 Å². The number of phosphoric acid groups is 1. The van der Waals surface area contributed by atoms with E-state index in [0.29, 0.717) is 17.6 Å². The number of nitrogens with zero attached hydrogens (tertiary/aromatic N) is 1. The largest absolute Gasteiger partial charge is 0.756 e. The number of rotatable bonds is 24. The fourth-order valence-corrected chi connectivity index (χ4v) is 4.23. The monoisotopic (exact) mass is 495 g/mol. The Morgan fingerprint density at radius 2 is 1.21 bits per heavy atom. The van der Waals surface area contributed by atoms with Crippen LogP contribution in [0.15, 0.2) is 0 Å². The number of aliphatic hydroxyl groups is 1. The number of ether oxygens (including phenoxy) is 1. The molecule has 1 N–H and O–H groups in total. The normalized spacial score (nSPS) is 16.0. The van der Waals surface area contributed by atoms with Gasteiger partial charge in [-0.05, 0) is 13.3 Å². The lowest BCUT2D eigenvalue weighted by Crippen LogP contribution is -2.38. The minimum absolute atomic E-state index is 0.0321. The van der Waals surface area contributed by atoms with Gasteiger partial charge in [-0.2, -0.15) is 0 Å². The summed E-state index contributed by atoms with van der Waals surface area (Å²) in [5, 5.41) is 10.3. The molecular weight excluding hydrogens is 441 g/mol. The lowest BCUT2D eigenvalue weighted by molar-refractivity contribution is -0.870. The molecule has 0 aromatic heterocycles. The van der Waals surface area contributed by atoms with E-state index in [1.807, 2.05) is 21.1 Å². The van der Waals surface area contributed by atoms with Crippen LogP contribution in [0.3, 0.4) is 0 Å². The summed E-state index contributed by atoms with van der Waals surface area (Å²) in [7, 11) is 1.41. The zero-order valence-electron chi connectivity index (χ0n) is 22.3. The zero-order chi connectivity index (χ0) is 25.1. The molecule has 0 aromatic carbocycles. The molecule has 0 rings (SSSR count). The van der Waals surface area contributed by atoms with Crippen LogP contribution in [-0.2, 0) is 18.3 Å². The molecule has 0 saturated carbocycles. The van der Waals surface area contributed by atoms with Crippen molar-refractivity contribution in [1.29, 1.82) is 0 Å². The van der Waals surface area contributed by atoms with Gasteiger partial charge in [-0.25, -0.2) is 0 Å². The van der Waals surface area contributed by atoms with E-state index in [1.165, 1.54) is 84.0 Å². The third-order valence-electron chi connectivity index (χ3n) is 5.60. The number of phosphoric ester groups is 1. The Morgan fingerprint density at radius 1 is 0.758 bits per heavy atom. The fourth-order valence-electron chi connectivity index (χ4n) is 3.41. The number of hydrogen-bond donors (Lipinski definition) is 1. The van der Waals surface area contributed by atoms with Gasteiger partial charge in [0.2, 0.25) is 0 Å². The lowest BCUT2D eigenvalue weighted by atomic mass is 10.0. The average molecular weight is 496 g/mol. The number of hydrogen-bond acceptors (Lipinski definition) is 6. The van der Waals surface area contributed by atoms with E-state index in [0.717, 1.165) is 12.8 Å². The molecule has 0 aromatic rings. The molecule has 8 heteroatoms. The van der Waals surface area contributed by atoms with Crippen molar-refractivity contribution in [2.24, 2.45) is 0 Å². The van der Waals surface area contributed by atoms with Gasteiger partial charge >= 0.3 is 0 Å².